The van der Waals surface area contributed by atoms with Crippen molar-refractivity contribution in [3.63, 3.8) is 0 Å². The van der Waals surface area contributed by atoms with E-state index in [1.54, 1.807) is 0 Å². The van der Waals surface area contributed by atoms with E-state index in [0.29, 0.717) is 13.0 Å². The standard InChI is InChI=1S/C14H18O5/c1-16-14-10(15)7-11-12(19-14)8-17-13(18-11)9-5-3-2-4-6-9/h2-6,10-15H,7-8H2,1H3/t10-,11-,12-,13+,14-/m0/s1. The average molecular weight is 266 g/mol. The number of aliphatic hydroxyl groups excluding tert-OH is 1. The molecule has 0 bridgehead atoms. The Morgan fingerprint density at radius 2 is 1.95 bits per heavy atom. The Kier molecular flexibility index (Phi) is 3.81. The molecule has 5 nitrogen and oxygen atoms in total. The smallest absolute Gasteiger partial charge is 0.184 e. The first-order chi connectivity index (χ1) is 9.28. The minimum Gasteiger partial charge on any atom is -0.388 e. The van der Waals surface area contributed by atoms with Gasteiger partial charge in [0.05, 0.1) is 12.7 Å². The van der Waals surface area contributed by atoms with Gasteiger partial charge in [0, 0.05) is 19.1 Å². The lowest BCUT2D eigenvalue weighted by atomic mass is 10.0. The summed E-state index contributed by atoms with van der Waals surface area (Å²) < 4.78 is 22.2. The molecule has 1 aromatic carbocycles. The van der Waals surface area contributed by atoms with Crippen LogP contribution in [0.15, 0.2) is 30.3 Å². The van der Waals surface area contributed by atoms with Crippen molar-refractivity contribution >= 4 is 0 Å². The molecular formula is C14H18O5. The Hall–Kier alpha value is -0.980. The van der Waals surface area contributed by atoms with Gasteiger partial charge >= 0.3 is 0 Å². The summed E-state index contributed by atoms with van der Waals surface area (Å²) in [6, 6.07) is 9.76. The van der Waals surface area contributed by atoms with Crippen LogP contribution in [-0.4, -0.2) is 43.4 Å². The zero-order valence-corrected chi connectivity index (χ0v) is 10.8. The van der Waals surface area contributed by atoms with E-state index in [4.69, 9.17) is 18.9 Å². The molecule has 2 saturated heterocycles. The molecule has 1 N–H and O–H groups in total. The van der Waals surface area contributed by atoms with Crippen LogP contribution < -0.4 is 0 Å². The topological polar surface area (TPSA) is 57.2 Å². The molecule has 0 amide bonds. The van der Waals surface area contributed by atoms with Gasteiger partial charge in [-0.05, 0) is 0 Å². The van der Waals surface area contributed by atoms with Crippen LogP contribution in [0.3, 0.4) is 0 Å². The molecule has 5 atom stereocenters. The van der Waals surface area contributed by atoms with Gasteiger partial charge in [0.15, 0.2) is 12.6 Å². The van der Waals surface area contributed by atoms with E-state index in [-0.39, 0.29) is 12.2 Å². The summed E-state index contributed by atoms with van der Waals surface area (Å²) in [6.45, 7) is 0.441. The van der Waals surface area contributed by atoms with Crippen molar-refractivity contribution in [1.29, 1.82) is 0 Å². The summed E-state index contributed by atoms with van der Waals surface area (Å²) in [4.78, 5) is 0. The molecule has 0 spiro atoms. The SMILES string of the molecule is CO[C@H]1O[C@H]2CO[C@@H](c3ccccc3)O[C@H]2C[C@@H]1O. The maximum atomic E-state index is 9.89. The first-order valence-corrected chi connectivity index (χ1v) is 6.46. The normalized spacial score (nSPS) is 38.7. The molecule has 5 heteroatoms. The van der Waals surface area contributed by atoms with Gasteiger partial charge in [-0.3, -0.25) is 0 Å². The molecule has 2 heterocycles. The number of methoxy groups -OCH3 is 1. The van der Waals surface area contributed by atoms with Crippen LogP contribution in [0.25, 0.3) is 0 Å². The van der Waals surface area contributed by atoms with Crippen molar-refractivity contribution in [2.24, 2.45) is 0 Å². The number of ether oxygens (including phenoxy) is 4. The van der Waals surface area contributed by atoms with Crippen LogP contribution in [0.4, 0.5) is 0 Å². The summed E-state index contributed by atoms with van der Waals surface area (Å²) >= 11 is 0. The Bertz CT molecular complexity index is 410. The highest BCUT2D eigenvalue weighted by Gasteiger charge is 2.42. The monoisotopic (exact) mass is 266 g/mol. The van der Waals surface area contributed by atoms with Crippen molar-refractivity contribution in [2.45, 2.75) is 37.3 Å². The number of rotatable bonds is 2. The van der Waals surface area contributed by atoms with E-state index in [1.807, 2.05) is 30.3 Å². The van der Waals surface area contributed by atoms with E-state index < -0.39 is 18.7 Å². The lowest BCUT2D eigenvalue weighted by Crippen LogP contribution is -2.53. The third-order valence-electron chi connectivity index (χ3n) is 3.53. The van der Waals surface area contributed by atoms with Crippen molar-refractivity contribution in [1.82, 2.24) is 0 Å². The number of fused-ring (bicyclic) bond motifs is 1. The first kappa shape index (κ1) is 13.0. The number of hydrogen-bond donors (Lipinski definition) is 1. The van der Waals surface area contributed by atoms with Crippen LogP contribution in [0.2, 0.25) is 0 Å². The molecule has 0 saturated carbocycles. The van der Waals surface area contributed by atoms with Gasteiger partial charge in [-0.2, -0.15) is 0 Å². The molecule has 19 heavy (non-hydrogen) atoms. The Morgan fingerprint density at radius 1 is 1.16 bits per heavy atom. The predicted molar refractivity (Wildman–Crippen MR) is 66.3 cm³/mol. The fraction of sp³-hybridized carbons (Fsp3) is 0.571. The zero-order valence-electron chi connectivity index (χ0n) is 10.8. The van der Waals surface area contributed by atoms with Crippen LogP contribution in [-0.2, 0) is 18.9 Å². The van der Waals surface area contributed by atoms with Gasteiger partial charge in [-0.25, -0.2) is 0 Å². The molecule has 3 rings (SSSR count). The Morgan fingerprint density at radius 3 is 2.68 bits per heavy atom. The largest absolute Gasteiger partial charge is 0.388 e. The Balaban J connectivity index is 1.68. The maximum Gasteiger partial charge on any atom is 0.184 e. The second-order valence-electron chi connectivity index (χ2n) is 4.83. The van der Waals surface area contributed by atoms with Gasteiger partial charge < -0.3 is 24.1 Å². The second-order valence-corrected chi connectivity index (χ2v) is 4.83. The van der Waals surface area contributed by atoms with E-state index in [9.17, 15) is 5.11 Å². The van der Waals surface area contributed by atoms with Crippen molar-refractivity contribution < 1.29 is 24.1 Å². The molecule has 2 fully saturated rings. The van der Waals surface area contributed by atoms with Gasteiger partial charge in [-0.1, -0.05) is 30.3 Å². The number of aliphatic hydroxyl groups is 1. The van der Waals surface area contributed by atoms with E-state index in [1.165, 1.54) is 7.11 Å². The average Bonchev–Trinajstić information content (AvgIpc) is 2.47. The van der Waals surface area contributed by atoms with Gasteiger partial charge in [0.1, 0.15) is 12.2 Å². The fourth-order valence-corrected chi connectivity index (χ4v) is 2.52. The van der Waals surface area contributed by atoms with Crippen molar-refractivity contribution in [3.8, 4) is 0 Å². The molecule has 1 aromatic rings. The van der Waals surface area contributed by atoms with E-state index >= 15 is 0 Å². The molecule has 2 aliphatic heterocycles. The van der Waals surface area contributed by atoms with Gasteiger partial charge in [0.25, 0.3) is 0 Å². The molecule has 0 unspecified atom stereocenters. The zero-order chi connectivity index (χ0) is 13.2. The number of benzene rings is 1. The quantitative estimate of drug-likeness (QED) is 0.872. The van der Waals surface area contributed by atoms with Crippen LogP contribution >= 0.6 is 0 Å². The second kappa shape index (κ2) is 5.56. The summed E-state index contributed by atoms with van der Waals surface area (Å²) in [6.07, 6.45) is -1.51. The highest BCUT2D eigenvalue weighted by Crippen LogP contribution is 2.33. The summed E-state index contributed by atoms with van der Waals surface area (Å²) in [5.41, 5.74) is 0.976. The fourth-order valence-electron chi connectivity index (χ4n) is 2.52. The third kappa shape index (κ3) is 2.66. The van der Waals surface area contributed by atoms with Crippen LogP contribution in [0, 0.1) is 0 Å². The first-order valence-electron chi connectivity index (χ1n) is 6.46. The summed E-state index contributed by atoms with van der Waals surface area (Å²) in [7, 11) is 1.52. The molecule has 0 aromatic heterocycles. The third-order valence-corrected chi connectivity index (χ3v) is 3.53. The van der Waals surface area contributed by atoms with Crippen molar-refractivity contribution in [3.05, 3.63) is 35.9 Å². The highest BCUT2D eigenvalue weighted by atomic mass is 16.7. The lowest BCUT2D eigenvalue weighted by molar-refractivity contribution is -0.333. The number of hydrogen-bond acceptors (Lipinski definition) is 5. The Labute approximate surface area is 112 Å². The minimum absolute atomic E-state index is 0.166. The van der Waals surface area contributed by atoms with Gasteiger partial charge in [0.2, 0.25) is 0 Å². The molecule has 0 aliphatic carbocycles. The maximum absolute atomic E-state index is 9.89. The highest BCUT2D eigenvalue weighted by molar-refractivity contribution is 5.16. The van der Waals surface area contributed by atoms with Crippen LogP contribution in [0.1, 0.15) is 18.3 Å². The molecule has 104 valence electrons. The minimum atomic E-state index is -0.666. The van der Waals surface area contributed by atoms with Crippen molar-refractivity contribution in [2.75, 3.05) is 13.7 Å². The summed E-state index contributed by atoms with van der Waals surface area (Å²) in [5, 5.41) is 9.89. The van der Waals surface area contributed by atoms with E-state index in [2.05, 4.69) is 0 Å². The molecular weight excluding hydrogens is 248 g/mol. The lowest BCUT2D eigenvalue weighted by Gasteiger charge is -2.43. The molecule has 0 radical (unpaired) electrons. The summed E-state index contributed by atoms with van der Waals surface area (Å²) in [5.74, 6) is 0. The van der Waals surface area contributed by atoms with Crippen LogP contribution in [0.5, 0.6) is 0 Å². The predicted octanol–water partition coefficient (Wildman–Crippen LogP) is 1.22. The van der Waals surface area contributed by atoms with E-state index in [0.717, 1.165) is 5.56 Å². The van der Waals surface area contributed by atoms with Gasteiger partial charge in [-0.15, -0.1) is 0 Å². The molecule has 2 aliphatic rings.